The van der Waals surface area contributed by atoms with E-state index in [1.54, 1.807) is 12.1 Å². The van der Waals surface area contributed by atoms with Crippen molar-refractivity contribution in [1.29, 1.82) is 0 Å². The van der Waals surface area contributed by atoms with E-state index in [9.17, 15) is 30.0 Å². The quantitative estimate of drug-likeness (QED) is 0.151. The van der Waals surface area contributed by atoms with Crippen molar-refractivity contribution in [3.63, 3.8) is 0 Å². The van der Waals surface area contributed by atoms with Gasteiger partial charge in [0.2, 0.25) is 12.2 Å². The first-order valence-corrected chi connectivity index (χ1v) is 13.2. The van der Waals surface area contributed by atoms with Gasteiger partial charge in [0.1, 0.15) is 36.8 Å². The number of fused-ring (bicyclic) bond motifs is 1. The molecule has 2 aromatic carbocycles. The largest absolute Gasteiger partial charge is 0.492 e. The lowest BCUT2D eigenvalue weighted by Gasteiger charge is -2.39. The highest BCUT2D eigenvalue weighted by atomic mass is 16.8. The van der Waals surface area contributed by atoms with Gasteiger partial charge in [0.25, 0.3) is 5.91 Å². The summed E-state index contributed by atoms with van der Waals surface area (Å²) >= 11 is 0. The molecule has 1 aliphatic carbocycles. The monoisotopic (exact) mass is 559 g/mol. The number of amides is 2. The van der Waals surface area contributed by atoms with Crippen LogP contribution in [0.5, 0.6) is 5.75 Å². The number of hydroxylamine groups is 1. The second kappa shape index (κ2) is 13.5. The molecule has 2 amide bonds. The molecule has 2 unspecified atom stereocenters. The van der Waals surface area contributed by atoms with Gasteiger partial charge in [-0.2, -0.15) is 0 Å². The number of rotatable bonds is 11. The molecule has 1 aliphatic heterocycles. The van der Waals surface area contributed by atoms with Crippen LogP contribution in [-0.2, 0) is 20.8 Å². The topological polar surface area (TPSA) is 170 Å². The van der Waals surface area contributed by atoms with Crippen molar-refractivity contribution in [3.8, 4) is 5.75 Å². The summed E-state index contributed by atoms with van der Waals surface area (Å²) < 4.78 is 10.9. The van der Waals surface area contributed by atoms with Gasteiger partial charge in [-0.1, -0.05) is 24.3 Å². The van der Waals surface area contributed by atoms with Crippen molar-refractivity contribution in [2.75, 3.05) is 40.4 Å². The van der Waals surface area contributed by atoms with E-state index in [1.165, 1.54) is 23.3 Å². The lowest BCUT2D eigenvalue weighted by Crippen LogP contribution is -2.60. The van der Waals surface area contributed by atoms with E-state index in [2.05, 4.69) is 27.8 Å². The van der Waals surface area contributed by atoms with E-state index in [-0.39, 0.29) is 29.9 Å². The minimum Gasteiger partial charge on any atom is -0.492 e. The molecule has 2 aliphatic rings. The highest BCUT2D eigenvalue weighted by molar-refractivity contribution is 5.93. The molecule has 6 N–H and O–H groups in total. The van der Waals surface area contributed by atoms with E-state index in [4.69, 9.17) is 14.3 Å². The van der Waals surface area contributed by atoms with Crippen molar-refractivity contribution >= 4 is 11.8 Å². The molecule has 40 heavy (non-hydrogen) atoms. The number of hydrogen-bond donors (Lipinski definition) is 6. The number of aliphatic hydroxyl groups excluding tert-OH is 4. The maximum atomic E-state index is 13.0. The van der Waals surface area contributed by atoms with Crippen molar-refractivity contribution in [3.05, 3.63) is 65.2 Å². The Kier molecular flexibility index (Phi) is 10.1. The van der Waals surface area contributed by atoms with Gasteiger partial charge >= 0.3 is 0 Å². The number of nitrogens with one attached hydrogen (secondary N) is 2. The average Bonchev–Trinajstić information content (AvgIpc) is 3.31. The molecular weight excluding hydrogens is 522 g/mol. The van der Waals surface area contributed by atoms with Gasteiger partial charge < -0.3 is 40.1 Å². The molecule has 0 spiro atoms. The molecule has 0 saturated carbocycles. The summed E-state index contributed by atoms with van der Waals surface area (Å²) in [6.45, 7) is 0.750. The summed E-state index contributed by atoms with van der Waals surface area (Å²) in [6.07, 6.45) is -6.73. The number of nitrogens with zero attached hydrogens (tertiary/aromatic N) is 1. The van der Waals surface area contributed by atoms with Gasteiger partial charge in [0.15, 0.2) is 0 Å². The number of likely N-dealkylation sites (N-methyl/N-ethyl adjacent to an activating group) is 1. The molecule has 7 atom stereocenters. The first-order valence-electron chi connectivity index (χ1n) is 13.2. The molecule has 12 nitrogen and oxygen atoms in total. The molecule has 2 aromatic rings. The van der Waals surface area contributed by atoms with Gasteiger partial charge in [0, 0.05) is 18.0 Å². The minimum absolute atomic E-state index is 0.00179. The summed E-state index contributed by atoms with van der Waals surface area (Å²) in [7, 11) is 4.01. The van der Waals surface area contributed by atoms with Crippen LogP contribution in [-0.4, -0.2) is 108 Å². The molecule has 0 bridgehead atoms. The fraction of sp³-hybridized carbons (Fsp3) is 0.500. The highest BCUT2D eigenvalue weighted by Gasteiger charge is 2.44. The Balaban J connectivity index is 1.21. The SMILES string of the molecule is CN(C)CC1c2ccccc2CC1C(=O)NCCOc1ccc(C(=O)NO[C@@H]2O[C@H](CO)[C@H](O)[C@H](O)[C@H]2O)cc1. The molecule has 1 fully saturated rings. The van der Waals surface area contributed by atoms with Crippen LogP contribution >= 0.6 is 0 Å². The summed E-state index contributed by atoms with van der Waals surface area (Å²) in [5.41, 5.74) is 4.79. The van der Waals surface area contributed by atoms with Crippen molar-refractivity contribution in [1.82, 2.24) is 15.7 Å². The second-order valence-electron chi connectivity index (χ2n) is 10.3. The predicted octanol–water partition coefficient (Wildman–Crippen LogP) is -0.839. The summed E-state index contributed by atoms with van der Waals surface area (Å²) in [4.78, 5) is 32.6. The third kappa shape index (κ3) is 6.96. The number of aliphatic hydroxyl groups is 4. The van der Waals surface area contributed by atoms with Gasteiger partial charge in [-0.05, 0) is 55.9 Å². The zero-order chi connectivity index (χ0) is 28.8. The molecule has 0 radical (unpaired) electrons. The summed E-state index contributed by atoms with van der Waals surface area (Å²) in [6, 6.07) is 14.4. The van der Waals surface area contributed by atoms with Crippen LogP contribution in [0.2, 0.25) is 0 Å². The Morgan fingerprint density at radius 1 is 1.02 bits per heavy atom. The minimum atomic E-state index is -1.64. The third-order valence-corrected chi connectivity index (χ3v) is 7.18. The maximum absolute atomic E-state index is 13.0. The second-order valence-corrected chi connectivity index (χ2v) is 10.3. The molecule has 0 aromatic heterocycles. The predicted molar refractivity (Wildman–Crippen MR) is 142 cm³/mol. The maximum Gasteiger partial charge on any atom is 0.274 e. The fourth-order valence-electron chi connectivity index (χ4n) is 5.08. The Bertz CT molecular complexity index is 1140. The average molecular weight is 560 g/mol. The fourth-order valence-corrected chi connectivity index (χ4v) is 5.08. The van der Waals surface area contributed by atoms with Crippen LogP contribution in [0.25, 0.3) is 0 Å². The first-order chi connectivity index (χ1) is 19.2. The van der Waals surface area contributed by atoms with Gasteiger partial charge in [-0.15, -0.1) is 0 Å². The molecule has 1 heterocycles. The number of carbonyl (C=O) groups is 2. The van der Waals surface area contributed by atoms with Crippen LogP contribution in [0.3, 0.4) is 0 Å². The molecule has 12 heteroatoms. The third-order valence-electron chi connectivity index (χ3n) is 7.18. The first kappa shape index (κ1) is 29.9. The zero-order valence-electron chi connectivity index (χ0n) is 22.5. The van der Waals surface area contributed by atoms with E-state index in [1.807, 2.05) is 26.2 Å². The Morgan fingerprint density at radius 3 is 2.45 bits per heavy atom. The Morgan fingerprint density at radius 2 is 1.75 bits per heavy atom. The number of hydrogen-bond acceptors (Lipinski definition) is 10. The number of ether oxygens (including phenoxy) is 2. The molecule has 4 rings (SSSR count). The number of benzene rings is 2. The van der Waals surface area contributed by atoms with Crippen molar-refractivity contribution in [2.24, 2.45) is 5.92 Å². The molecule has 1 saturated heterocycles. The van der Waals surface area contributed by atoms with Crippen LogP contribution in [0.1, 0.15) is 27.4 Å². The van der Waals surface area contributed by atoms with Gasteiger partial charge in [-0.25, -0.2) is 10.3 Å². The zero-order valence-corrected chi connectivity index (χ0v) is 22.5. The van der Waals surface area contributed by atoms with Crippen LogP contribution < -0.4 is 15.5 Å². The normalized spacial score (nSPS) is 27.7. The summed E-state index contributed by atoms with van der Waals surface area (Å²) in [5, 5.41) is 41.8. The van der Waals surface area contributed by atoms with Crippen molar-refractivity contribution in [2.45, 2.75) is 43.0 Å². The van der Waals surface area contributed by atoms with E-state index in [0.717, 1.165) is 6.54 Å². The van der Waals surface area contributed by atoms with E-state index < -0.39 is 43.2 Å². The molecule has 218 valence electrons. The number of carbonyl (C=O) groups excluding carboxylic acids is 2. The van der Waals surface area contributed by atoms with Crippen molar-refractivity contribution < 1.29 is 44.3 Å². The van der Waals surface area contributed by atoms with Crippen LogP contribution in [0.4, 0.5) is 0 Å². The standard InChI is InChI=1S/C28H37N3O9/c1-31(2)14-21-19-6-4-3-5-17(19)13-20(21)27(37)29-11-12-38-18-9-7-16(8-10-18)26(36)30-40-28-25(35)24(34)23(33)22(15-32)39-28/h3-10,20-25,28,32-35H,11-15H2,1-2H3,(H,29,37)(H,30,36)/t20?,21?,22-,23+,24+,25-,28+/m1/s1. The van der Waals surface area contributed by atoms with Gasteiger partial charge in [-0.3, -0.25) is 9.59 Å². The molecular formula is C28H37N3O9. The van der Waals surface area contributed by atoms with E-state index in [0.29, 0.717) is 18.7 Å². The van der Waals surface area contributed by atoms with E-state index >= 15 is 0 Å². The lowest BCUT2D eigenvalue weighted by molar-refractivity contribution is -0.311. The Hall–Kier alpha value is -3.10. The smallest absolute Gasteiger partial charge is 0.274 e. The van der Waals surface area contributed by atoms with Crippen LogP contribution in [0.15, 0.2) is 48.5 Å². The van der Waals surface area contributed by atoms with Gasteiger partial charge in [0.05, 0.1) is 19.1 Å². The highest BCUT2D eigenvalue weighted by Crippen LogP contribution is 2.38. The summed E-state index contributed by atoms with van der Waals surface area (Å²) in [5.74, 6) is -0.156. The Labute approximate surface area is 232 Å². The lowest BCUT2D eigenvalue weighted by atomic mass is 9.91. The van der Waals surface area contributed by atoms with Crippen LogP contribution in [0, 0.1) is 5.92 Å².